The molecule has 0 aromatic rings. The van der Waals surface area contributed by atoms with Crippen LogP contribution in [0, 0.1) is 5.41 Å². The Labute approximate surface area is 131 Å². The Morgan fingerprint density at radius 1 is 1.26 bits per heavy atom. The number of carbonyl (C=O) groups excluding carboxylic acids is 1. The predicted molar refractivity (Wildman–Crippen MR) is 73.2 cm³/mol. The standard InChI is InChI=1S/C11H23N3O3.BrH.ClH/c1-4-16-10(12)6-5-7-14(2,3)8-9-17-11(13)15;;/h12H,4-9H2,1-3H3,(H-,13,15);2*1H. The van der Waals surface area contributed by atoms with Gasteiger partial charge in [0, 0.05) is 12.8 Å². The van der Waals surface area contributed by atoms with Crippen molar-refractivity contribution in [2.75, 3.05) is 40.4 Å². The molecular weight excluding hydrogens is 337 g/mol. The van der Waals surface area contributed by atoms with Crippen LogP contribution in [-0.2, 0) is 9.47 Å². The molecule has 116 valence electrons. The molecule has 0 radical (unpaired) electrons. The smallest absolute Gasteiger partial charge is 0.404 e. The first-order chi connectivity index (χ1) is 7.87. The summed E-state index contributed by atoms with van der Waals surface area (Å²) in [4.78, 5) is 10.4. The van der Waals surface area contributed by atoms with E-state index in [1.54, 1.807) is 0 Å². The third-order valence-corrected chi connectivity index (χ3v) is 2.43. The van der Waals surface area contributed by atoms with Gasteiger partial charge in [-0.3, -0.25) is 5.41 Å². The fourth-order valence-electron chi connectivity index (χ4n) is 1.42. The van der Waals surface area contributed by atoms with Crippen molar-refractivity contribution in [2.45, 2.75) is 19.8 Å². The predicted octanol–water partition coefficient (Wildman–Crippen LogP) is -1.62. The Morgan fingerprint density at radius 3 is 2.32 bits per heavy atom. The first-order valence-corrected chi connectivity index (χ1v) is 5.82. The molecule has 0 atom stereocenters. The van der Waals surface area contributed by atoms with Gasteiger partial charge in [-0.05, 0) is 6.92 Å². The van der Waals surface area contributed by atoms with Gasteiger partial charge in [-0.1, -0.05) is 0 Å². The number of likely N-dealkylation sites (N-methyl/N-ethyl adjacent to an activating group) is 1. The first kappa shape index (κ1) is 23.6. The second-order valence-corrected chi connectivity index (χ2v) is 4.51. The number of ether oxygens (including phenoxy) is 2. The maximum atomic E-state index is 10.4. The zero-order valence-electron chi connectivity index (χ0n) is 11.8. The Morgan fingerprint density at radius 2 is 1.84 bits per heavy atom. The van der Waals surface area contributed by atoms with E-state index in [1.807, 2.05) is 6.92 Å². The minimum atomic E-state index is -0.733. The van der Waals surface area contributed by atoms with Crippen LogP contribution in [0.5, 0.6) is 0 Å². The topological polar surface area (TPSA) is 85.4 Å². The molecule has 0 saturated carbocycles. The number of carbonyl (C=O) groups is 1. The molecule has 0 aliphatic carbocycles. The van der Waals surface area contributed by atoms with Crippen LogP contribution < -0.4 is 22.7 Å². The molecule has 0 saturated heterocycles. The normalized spacial score (nSPS) is 9.84. The summed E-state index contributed by atoms with van der Waals surface area (Å²) in [5.74, 6) is 0.334. The number of amides is 1. The monoisotopic (exact) mass is 361 g/mol. The Bertz CT molecular complexity index is 266. The molecule has 19 heavy (non-hydrogen) atoms. The number of halogens is 2. The summed E-state index contributed by atoms with van der Waals surface area (Å²) in [6.45, 7) is 4.35. The summed E-state index contributed by atoms with van der Waals surface area (Å²) in [5, 5.41) is 7.48. The Kier molecular flexibility index (Phi) is 15.5. The highest BCUT2D eigenvalue weighted by atomic mass is 79.9. The highest BCUT2D eigenvalue weighted by molar-refractivity contribution is 5.85. The first-order valence-electron chi connectivity index (χ1n) is 5.82. The van der Waals surface area contributed by atoms with Crippen molar-refractivity contribution >= 4 is 24.4 Å². The lowest BCUT2D eigenvalue weighted by atomic mass is 10.2. The second-order valence-electron chi connectivity index (χ2n) is 4.51. The van der Waals surface area contributed by atoms with Crippen LogP contribution in [0.2, 0.25) is 0 Å². The van der Waals surface area contributed by atoms with Crippen molar-refractivity contribution in [1.29, 1.82) is 5.41 Å². The van der Waals surface area contributed by atoms with Crippen LogP contribution in [0.3, 0.4) is 0 Å². The Balaban J connectivity index is -0.00000128. The molecule has 0 heterocycles. The molecule has 0 spiro atoms. The van der Waals surface area contributed by atoms with Crippen LogP contribution >= 0.6 is 12.4 Å². The van der Waals surface area contributed by atoms with Crippen molar-refractivity contribution in [2.24, 2.45) is 5.73 Å². The van der Waals surface area contributed by atoms with Gasteiger partial charge >= 0.3 is 6.09 Å². The van der Waals surface area contributed by atoms with Gasteiger partial charge in [0.25, 0.3) is 0 Å². The van der Waals surface area contributed by atoms with E-state index in [1.165, 1.54) is 0 Å². The van der Waals surface area contributed by atoms with E-state index >= 15 is 0 Å². The maximum absolute atomic E-state index is 10.4. The maximum Gasteiger partial charge on any atom is 0.404 e. The Hall–Kier alpha value is -0.530. The lowest BCUT2D eigenvalue weighted by Gasteiger charge is -2.29. The number of quaternary nitrogens is 1. The molecule has 0 aromatic heterocycles. The molecule has 0 aliphatic rings. The molecule has 0 unspecified atom stereocenters. The van der Waals surface area contributed by atoms with Gasteiger partial charge in [-0.25, -0.2) is 4.79 Å². The lowest BCUT2D eigenvalue weighted by molar-refractivity contribution is -0.890. The minimum Gasteiger partial charge on any atom is -1.00 e. The van der Waals surface area contributed by atoms with E-state index in [0.717, 1.165) is 17.4 Å². The quantitative estimate of drug-likeness (QED) is 0.309. The number of hydrogen-bond acceptors (Lipinski definition) is 4. The number of hydrogen-bond donors (Lipinski definition) is 2. The van der Waals surface area contributed by atoms with Crippen molar-refractivity contribution in [3.63, 3.8) is 0 Å². The van der Waals surface area contributed by atoms with Crippen molar-refractivity contribution in [1.82, 2.24) is 0 Å². The van der Waals surface area contributed by atoms with Crippen LogP contribution in [0.15, 0.2) is 0 Å². The van der Waals surface area contributed by atoms with Crippen LogP contribution in [0.4, 0.5) is 4.79 Å². The van der Waals surface area contributed by atoms with E-state index in [0.29, 0.717) is 32.1 Å². The highest BCUT2D eigenvalue weighted by Gasteiger charge is 2.15. The van der Waals surface area contributed by atoms with Crippen LogP contribution in [0.25, 0.3) is 0 Å². The van der Waals surface area contributed by atoms with Crippen molar-refractivity contribution in [3.8, 4) is 0 Å². The van der Waals surface area contributed by atoms with Gasteiger partial charge in [0.2, 0.25) is 0 Å². The van der Waals surface area contributed by atoms with Gasteiger partial charge in [0.15, 0.2) is 5.90 Å². The fraction of sp³-hybridized carbons (Fsp3) is 0.818. The summed E-state index contributed by atoms with van der Waals surface area (Å²) >= 11 is 0. The zero-order valence-corrected chi connectivity index (χ0v) is 14.2. The van der Waals surface area contributed by atoms with Gasteiger partial charge in [0.05, 0.1) is 27.2 Å². The average molecular weight is 363 g/mol. The summed E-state index contributed by atoms with van der Waals surface area (Å²) in [6.07, 6.45) is 0.789. The number of nitrogens with one attached hydrogen (secondary N) is 1. The largest absolute Gasteiger partial charge is 1.00 e. The van der Waals surface area contributed by atoms with E-state index in [-0.39, 0.29) is 29.4 Å². The number of primary amides is 1. The molecule has 0 rings (SSSR count). The highest BCUT2D eigenvalue weighted by Crippen LogP contribution is 2.03. The molecule has 8 heteroatoms. The van der Waals surface area contributed by atoms with Crippen molar-refractivity contribution in [3.05, 3.63) is 0 Å². The third kappa shape index (κ3) is 15.4. The molecule has 0 aromatic carbocycles. The zero-order chi connectivity index (χ0) is 13.3. The van der Waals surface area contributed by atoms with E-state index in [2.05, 4.69) is 14.1 Å². The molecule has 6 nitrogen and oxygen atoms in total. The van der Waals surface area contributed by atoms with Gasteiger partial charge in [0.1, 0.15) is 13.2 Å². The van der Waals surface area contributed by atoms with E-state index < -0.39 is 6.09 Å². The average Bonchev–Trinajstić information content (AvgIpc) is 2.16. The number of rotatable bonds is 8. The van der Waals surface area contributed by atoms with Crippen LogP contribution in [0.1, 0.15) is 19.8 Å². The summed E-state index contributed by atoms with van der Waals surface area (Å²) in [6, 6.07) is 0. The molecule has 0 fully saturated rings. The number of nitrogens with two attached hydrogens (primary N) is 1. The van der Waals surface area contributed by atoms with E-state index in [4.69, 9.17) is 20.6 Å². The molecule has 3 N–H and O–H groups in total. The SMILES string of the molecule is CCOC(=N)CCC[N+](C)(C)CCOC(N)=O.Cl.[Br-]. The molecule has 0 aliphatic heterocycles. The molecule has 1 amide bonds. The van der Waals surface area contributed by atoms with Crippen molar-refractivity contribution < 1.29 is 35.7 Å². The van der Waals surface area contributed by atoms with Gasteiger partial charge in [-0.2, -0.15) is 0 Å². The van der Waals surface area contributed by atoms with Gasteiger partial charge < -0.3 is 36.7 Å². The third-order valence-electron chi connectivity index (χ3n) is 2.43. The van der Waals surface area contributed by atoms with Gasteiger partial charge in [-0.15, -0.1) is 12.4 Å². The fourth-order valence-corrected chi connectivity index (χ4v) is 1.42. The summed E-state index contributed by atoms with van der Waals surface area (Å²) in [7, 11) is 4.10. The lowest BCUT2D eigenvalue weighted by Crippen LogP contribution is -3.00. The summed E-state index contributed by atoms with van der Waals surface area (Å²) < 4.78 is 10.5. The summed E-state index contributed by atoms with van der Waals surface area (Å²) in [5.41, 5.74) is 4.88. The second kappa shape index (κ2) is 12.5. The minimum absolute atomic E-state index is 0. The van der Waals surface area contributed by atoms with E-state index in [9.17, 15) is 4.79 Å². The molecular formula is C11H25BrClN3O3. The molecule has 0 bridgehead atoms. The van der Waals surface area contributed by atoms with Crippen LogP contribution in [-0.4, -0.2) is 56.9 Å². The number of nitrogens with zero attached hydrogens (tertiary/aromatic N) is 1.